The van der Waals surface area contributed by atoms with Gasteiger partial charge in [-0.2, -0.15) is 0 Å². The van der Waals surface area contributed by atoms with E-state index in [1.807, 2.05) is 25.9 Å². The highest BCUT2D eigenvalue weighted by molar-refractivity contribution is 6.02. The number of carbonyl (C=O) groups excluding carboxylic acids is 1. The summed E-state index contributed by atoms with van der Waals surface area (Å²) in [5.41, 5.74) is 7.67. The summed E-state index contributed by atoms with van der Waals surface area (Å²) in [6, 6.07) is -0.549. The van der Waals surface area contributed by atoms with Crippen LogP contribution >= 0.6 is 0 Å². The van der Waals surface area contributed by atoms with Crippen molar-refractivity contribution in [1.29, 1.82) is 0 Å². The Balaban J connectivity index is 4.77. The molecular formula is C10H20N4O. The van der Waals surface area contributed by atoms with Gasteiger partial charge in [-0.05, 0) is 33.5 Å². The monoisotopic (exact) mass is 212 g/mol. The molecule has 15 heavy (non-hydrogen) atoms. The molecule has 5 heteroatoms. The smallest absolute Gasteiger partial charge is 0.316 e. The third-order valence-corrected chi connectivity index (χ3v) is 2.04. The summed E-state index contributed by atoms with van der Waals surface area (Å²) in [5, 5.41) is 2.55. The van der Waals surface area contributed by atoms with Gasteiger partial charge < -0.3 is 16.0 Å². The molecule has 0 aliphatic carbocycles. The van der Waals surface area contributed by atoms with Crippen molar-refractivity contribution in [2.24, 2.45) is 10.7 Å². The Kier molecular flexibility index (Phi) is 5.62. The maximum Gasteiger partial charge on any atom is 0.316 e. The fourth-order valence-corrected chi connectivity index (χ4v) is 1.15. The predicted octanol–water partition coefficient (Wildman–Crippen LogP) is 0.581. The van der Waals surface area contributed by atoms with Gasteiger partial charge in [0.15, 0.2) is 0 Å². The average Bonchev–Trinajstić information content (AvgIpc) is 2.11. The number of nitrogens with two attached hydrogens (primary N) is 1. The van der Waals surface area contributed by atoms with Gasteiger partial charge in [0.1, 0.15) is 0 Å². The number of urea groups is 1. The lowest BCUT2D eigenvalue weighted by Gasteiger charge is -2.14. The van der Waals surface area contributed by atoms with Crippen molar-refractivity contribution in [3.8, 4) is 0 Å². The molecule has 0 spiro atoms. The molecule has 0 saturated heterocycles. The Morgan fingerprint density at radius 2 is 1.93 bits per heavy atom. The van der Waals surface area contributed by atoms with Crippen molar-refractivity contribution in [3.63, 3.8) is 0 Å². The van der Waals surface area contributed by atoms with Crippen molar-refractivity contribution in [3.05, 3.63) is 11.3 Å². The Morgan fingerprint density at radius 1 is 1.40 bits per heavy atom. The van der Waals surface area contributed by atoms with E-state index in [-0.39, 0.29) is 0 Å². The zero-order valence-electron chi connectivity index (χ0n) is 10.1. The van der Waals surface area contributed by atoms with Gasteiger partial charge in [0.05, 0.1) is 5.71 Å². The summed E-state index contributed by atoms with van der Waals surface area (Å²) in [7, 11) is 5.67. The van der Waals surface area contributed by atoms with Gasteiger partial charge in [-0.1, -0.05) is 0 Å². The number of hydrogen-bond donors (Lipinski definition) is 2. The number of amides is 2. The second kappa shape index (κ2) is 6.19. The Hall–Kier alpha value is -1.36. The van der Waals surface area contributed by atoms with Gasteiger partial charge in [0, 0.05) is 19.3 Å². The van der Waals surface area contributed by atoms with Gasteiger partial charge in [0.25, 0.3) is 0 Å². The number of hydrogen-bond acceptors (Lipinski definition) is 3. The van der Waals surface area contributed by atoms with Crippen molar-refractivity contribution >= 4 is 11.7 Å². The molecule has 0 aromatic rings. The summed E-state index contributed by atoms with van der Waals surface area (Å²) in [4.78, 5) is 16.9. The van der Waals surface area contributed by atoms with Crippen molar-refractivity contribution in [1.82, 2.24) is 10.2 Å². The molecular weight excluding hydrogens is 192 g/mol. The average molecular weight is 212 g/mol. The van der Waals surface area contributed by atoms with E-state index in [0.29, 0.717) is 0 Å². The van der Waals surface area contributed by atoms with E-state index < -0.39 is 6.03 Å². The fraction of sp³-hybridized carbons (Fsp3) is 0.600. The number of aliphatic imine (C=N–C) groups is 1. The minimum atomic E-state index is -0.549. The van der Waals surface area contributed by atoms with Crippen LogP contribution in [0.15, 0.2) is 16.3 Å². The topological polar surface area (TPSA) is 70.7 Å². The lowest BCUT2D eigenvalue weighted by Crippen LogP contribution is -2.30. The molecule has 0 radical (unpaired) electrons. The first-order valence-corrected chi connectivity index (χ1v) is 4.73. The van der Waals surface area contributed by atoms with E-state index in [2.05, 4.69) is 10.3 Å². The van der Waals surface area contributed by atoms with Crippen molar-refractivity contribution in [2.45, 2.75) is 13.8 Å². The van der Waals surface area contributed by atoms with E-state index in [1.54, 1.807) is 14.0 Å². The number of allylic oxidation sites excluding steroid dienone is 1. The number of carbonyl (C=O) groups is 1. The van der Waals surface area contributed by atoms with Crippen LogP contribution < -0.4 is 11.1 Å². The maximum absolute atomic E-state index is 10.7. The van der Waals surface area contributed by atoms with Crippen LogP contribution in [0.25, 0.3) is 0 Å². The Labute approximate surface area is 91.0 Å². The molecule has 0 unspecified atom stereocenters. The maximum atomic E-state index is 10.7. The van der Waals surface area contributed by atoms with E-state index in [0.717, 1.165) is 23.5 Å². The lowest BCUT2D eigenvalue weighted by molar-refractivity contribution is 0.251. The van der Waals surface area contributed by atoms with Crippen LogP contribution in [-0.4, -0.2) is 44.3 Å². The highest BCUT2D eigenvalue weighted by atomic mass is 16.2. The first-order chi connectivity index (χ1) is 6.88. The van der Waals surface area contributed by atoms with E-state index >= 15 is 0 Å². The largest absolute Gasteiger partial charge is 0.351 e. The first-order valence-electron chi connectivity index (χ1n) is 4.73. The van der Waals surface area contributed by atoms with Gasteiger partial charge in [0.2, 0.25) is 0 Å². The van der Waals surface area contributed by atoms with E-state index in [9.17, 15) is 4.79 Å². The van der Waals surface area contributed by atoms with Gasteiger partial charge >= 0.3 is 6.03 Å². The fourth-order valence-electron chi connectivity index (χ4n) is 1.15. The summed E-state index contributed by atoms with van der Waals surface area (Å²) in [5.74, 6) is 0. The lowest BCUT2D eigenvalue weighted by atomic mass is 10.1. The normalized spacial score (nSPS) is 13.9. The molecule has 3 N–H and O–H groups in total. The van der Waals surface area contributed by atoms with Crippen molar-refractivity contribution in [2.75, 3.05) is 27.7 Å². The minimum Gasteiger partial charge on any atom is -0.351 e. The Bertz CT molecular complexity index is 292. The zero-order valence-corrected chi connectivity index (χ0v) is 10.1. The van der Waals surface area contributed by atoms with Crippen LogP contribution in [0.2, 0.25) is 0 Å². The molecule has 0 aliphatic rings. The highest BCUT2D eigenvalue weighted by Crippen LogP contribution is 2.04. The molecule has 0 bridgehead atoms. The van der Waals surface area contributed by atoms with Crippen LogP contribution in [0, 0.1) is 0 Å². The predicted molar refractivity (Wildman–Crippen MR) is 63.0 cm³/mol. The standard InChI is InChI=1S/C10H20N4O/c1-7(8(2)13-10(11)15)9(12-3)6-14(4)5/h6H2,1-5H3,(H3,11,13,15)/b8-7+,12-9-. The number of primary amides is 1. The number of rotatable bonds is 4. The molecule has 86 valence electrons. The first kappa shape index (κ1) is 13.6. The van der Waals surface area contributed by atoms with Crippen molar-refractivity contribution < 1.29 is 4.79 Å². The summed E-state index contributed by atoms with van der Waals surface area (Å²) in [6.07, 6.45) is 0. The van der Waals surface area contributed by atoms with Crippen LogP contribution in [0.1, 0.15) is 13.8 Å². The van der Waals surface area contributed by atoms with E-state index in [1.165, 1.54) is 0 Å². The minimum absolute atomic E-state index is 0.549. The molecule has 5 nitrogen and oxygen atoms in total. The zero-order chi connectivity index (χ0) is 12.0. The summed E-state index contributed by atoms with van der Waals surface area (Å²) < 4.78 is 0. The summed E-state index contributed by atoms with van der Waals surface area (Å²) >= 11 is 0. The molecule has 0 atom stereocenters. The number of nitrogens with zero attached hydrogens (tertiary/aromatic N) is 2. The third-order valence-electron chi connectivity index (χ3n) is 2.04. The molecule has 0 aromatic heterocycles. The van der Waals surface area contributed by atoms with Crippen LogP contribution in [0.5, 0.6) is 0 Å². The molecule has 2 amide bonds. The van der Waals surface area contributed by atoms with Gasteiger partial charge in [-0.25, -0.2) is 4.79 Å². The molecule has 0 aromatic carbocycles. The van der Waals surface area contributed by atoms with Crippen LogP contribution in [0.3, 0.4) is 0 Å². The Morgan fingerprint density at radius 3 is 2.27 bits per heavy atom. The quantitative estimate of drug-likeness (QED) is 0.669. The second-order valence-corrected chi connectivity index (χ2v) is 3.65. The summed E-state index contributed by atoms with van der Waals surface area (Å²) in [6.45, 7) is 4.46. The second-order valence-electron chi connectivity index (χ2n) is 3.65. The molecule has 0 heterocycles. The van der Waals surface area contributed by atoms with E-state index in [4.69, 9.17) is 5.73 Å². The van der Waals surface area contributed by atoms with Gasteiger partial charge in [-0.15, -0.1) is 0 Å². The van der Waals surface area contributed by atoms with Crippen LogP contribution in [-0.2, 0) is 0 Å². The number of nitrogens with one attached hydrogen (secondary N) is 1. The molecule has 0 saturated carbocycles. The highest BCUT2D eigenvalue weighted by Gasteiger charge is 2.07. The SMILES string of the molecule is C/N=C(CN(C)C)\C(C)=C(/C)NC(N)=O. The third kappa shape index (κ3) is 5.17. The van der Waals surface area contributed by atoms with Crippen LogP contribution in [0.4, 0.5) is 4.79 Å². The molecule has 0 rings (SSSR count). The molecule has 0 aliphatic heterocycles. The van der Waals surface area contributed by atoms with Gasteiger partial charge in [-0.3, -0.25) is 4.99 Å². The molecule has 0 fully saturated rings.